The lowest BCUT2D eigenvalue weighted by Gasteiger charge is -2.17. The van der Waals surface area contributed by atoms with E-state index in [-0.39, 0.29) is 13.0 Å². The van der Waals surface area contributed by atoms with Crippen LogP contribution in [0.15, 0.2) is 15.8 Å². The second-order valence-corrected chi connectivity index (χ2v) is 7.12. The Morgan fingerprint density at radius 1 is 1.46 bits per heavy atom. The number of rotatable bonds is 5. The fourth-order valence-corrected chi connectivity index (χ4v) is 2.73. The normalized spacial score (nSPS) is 24.0. The van der Waals surface area contributed by atoms with Gasteiger partial charge in [0.05, 0.1) is 12.9 Å². The third kappa shape index (κ3) is 4.52. The van der Waals surface area contributed by atoms with E-state index in [4.69, 9.17) is 13.7 Å². The van der Waals surface area contributed by atoms with Crippen LogP contribution in [0, 0.1) is 6.92 Å². The molecule has 24 heavy (non-hydrogen) atoms. The van der Waals surface area contributed by atoms with E-state index in [1.54, 1.807) is 0 Å². The molecule has 0 radical (unpaired) electrons. The Kier molecular flexibility index (Phi) is 5.26. The largest absolute Gasteiger partial charge is 0.460 e. The Morgan fingerprint density at radius 2 is 2.12 bits per heavy atom. The van der Waals surface area contributed by atoms with Crippen molar-refractivity contribution in [1.29, 1.82) is 0 Å². The van der Waals surface area contributed by atoms with Crippen LogP contribution >= 0.6 is 0 Å². The highest BCUT2D eigenvalue weighted by molar-refractivity contribution is 7.85. The number of esters is 1. The van der Waals surface area contributed by atoms with Crippen LogP contribution in [0.25, 0.3) is 0 Å². The second-order valence-electron chi connectivity index (χ2n) is 5.48. The first kappa shape index (κ1) is 18.4. The maximum Gasteiger partial charge on any atom is 0.330 e. The number of carbonyl (C=O) groups excluding carboxylic acids is 1. The summed E-state index contributed by atoms with van der Waals surface area (Å²) in [6, 6.07) is 0. The fourth-order valence-electron chi connectivity index (χ4n) is 2.35. The van der Waals surface area contributed by atoms with E-state index < -0.39 is 45.8 Å². The summed E-state index contributed by atoms with van der Waals surface area (Å²) in [6.07, 6.45) is -0.151. The minimum absolute atomic E-state index is 0.114. The van der Waals surface area contributed by atoms with Gasteiger partial charge in [-0.05, 0) is 6.92 Å². The van der Waals surface area contributed by atoms with E-state index in [0.717, 1.165) is 10.8 Å². The standard InChI is InChI=1S/C13H18N2O8S/c1-7-5-15(13(18)14-12(7)17)11-4-9(22-8(2)16)10(23-11)6-21-24(3,19)20/h5,9-11H,4,6H2,1-3H3,(H,14,17,18)/t9-,10-,11-/m1/s1. The predicted molar refractivity (Wildman–Crippen MR) is 80.9 cm³/mol. The molecule has 2 rings (SSSR count). The zero-order valence-electron chi connectivity index (χ0n) is 13.3. The van der Waals surface area contributed by atoms with Crippen molar-refractivity contribution in [1.82, 2.24) is 9.55 Å². The van der Waals surface area contributed by atoms with E-state index in [2.05, 4.69) is 4.98 Å². The monoisotopic (exact) mass is 362 g/mol. The molecule has 1 saturated heterocycles. The van der Waals surface area contributed by atoms with Gasteiger partial charge in [-0.1, -0.05) is 0 Å². The van der Waals surface area contributed by atoms with Gasteiger partial charge in [0.15, 0.2) is 0 Å². The molecule has 0 aliphatic carbocycles. The molecular weight excluding hydrogens is 344 g/mol. The third-order valence-electron chi connectivity index (χ3n) is 3.40. The van der Waals surface area contributed by atoms with Crippen molar-refractivity contribution in [2.75, 3.05) is 12.9 Å². The van der Waals surface area contributed by atoms with E-state index >= 15 is 0 Å². The lowest BCUT2D eigenvalue weighted by Crippen LogP contribution is -2.33. The van der Waals surface area contributed by atoms with E-state index in [1.165, 1.54) is 20.0 Å². The van der Waals surface area contributed by atoms with Gasteiger partial charge in [0.25, 0.3) is 15.7 Å². The number of hydrogen-bond donors (Lipinski definition) is 1. The molecule has 0 bridgehead atoms. The summed E-state index contributed by atoms with van der Waals surface area (Å²) in [5, 5.41) is 0. The highest BCUT2D eigenvalue weighted by atomic mass is 32.2. The maximum atomic E-state index is 11.9. The van der Waals surface area contributed by atoms with Crippen molar-refractivity contribution in [3.63, 3.8) is 0 Å². The average Bonchev–Trinajstić information content (AvgIpc) is 2.82. The molecule has 0 saturated carbocycles. The van der Waals surface area contributed by atoms with E-state index in [9.17, 15) is 22.8 Å². The van der Waals surface area contributed by atoms with Crippen molar-refractivity contribution in [2.45, 2.75) is 38.7 Å². The molecule has 0 spiro atoms. The molecule has 0 unspecified atom stereocenters. The van der Waals surface area contributed by atoms with E-state index in [0.29, 0.717) is 5.56 Å². The number of nitrogens with one attached hydrogen (secondary N) is 1. The Balaban J connectivity index is 2.25. The first-order valence-corrected chi connectivity index (χ1v) is 8.87. The molecular formula is C13H18N2O8S. The van der Waals surface area contributed by atoms with Crippen molar-refractivity contribution in [3.05, 3.63) is 32.6 Å². The zero-order chi connectivity index (χ0) is 18.1. The van der Waals surface area contributed by atoms with Gasteiger partial charge in [-0.25, -0.2) is 4.79 Å². The second kappa shape index (κ2) is 6.87. The Hall–Kier alpha value is -1.98. The smallest absolute Gasteiger partial charge is 0.330 e. The number of aryl methyl sites for hydroxylation is 1. The van der Waals surface area contributed by atoms with Gasteiger partial charge in [0.1, 0.15) is 18.4 Å². The van der Waals surface area contributed by atoms with Crippen LogP contribution < -0.4 is 11.2 Å². The number of H-pyrrole nitrogens is 1. The van der Waals surface area contributed by atoms with Gasteiger partial charge in [-0.3, -0.25) is 23.3 Å². The molecule has 1 aromatic rings. The molecule has 134 valence electrons. The van der Waals surface area contributed by atoms with Crippen LogP contribution in [0.3, 0.4) is 0 Å². The number of carbonyl (C=O) groups is 1. The van der Waals surface area contributed by atoms with Crippen LogP contribution in [0.1, 0.15) is 25.1 Å². The van der Waals surface area contributed by atoms with Crippen LogP contribution in [0.5, 0.6) is 0 Å². The lowest BCUT2D eigenvalue weighted by atomic mass is 10.2. The molecule has 3 atom stereocenters. The summed E-state index contributed by atoms with van der Waals surface area (Å²) in [6.45, 7) is 2.38. The Labute approximate surface area is 137 Å². The fraction of sp³-hybridized carbons (Fsp3) is 0.615. The van der Waals surface area contributed by atoms with Crippen molar-refractivity contribution in [2.24, 2.45) is 0 Å². The van der Waals surface area contributed by atoms with Crippen molar-refractivity contribution >= 4 is 16.1 Å². The number of nitrogens with zero attached hydrogens (tertiary/aromatic N) is 1. The molecule has 1 aliphatic rings. The summed E-state index contributed by atoms with van der Waals surface area (Å²) in [5.41, 5.74) is -0.886. The van der Waals surface area contributed by atoms with Crippen LogP contribution in [0.2, 0.25) is 0 Å². The number of ether oxygens (including phenoxy) is 2. The predicted octanol–water partition coefficient (Wildman–Crippen LogP) is -0.960. The van der Waals surface area contributed by atoms with Gasteiger partial charge in [-0.15, -0.1) is 0 Å². The molecule has 0 amide bonds. The molecule has 1 aliphatic heterocycles. The molecule has 1 fully saturated rings. The minimum atomic E-state index is -3.70. The summed E-state index contributed by atoms with van der Waals surface area (Å²) in [4.78, 5) is 36.7. The number of aromatic nitrogens is 2. The summed E-state index contributed by atoms with van der Waals surface area (Å²) >= 11 is 0. The average molecular weight is 362 g/mol. The minimum Gasteiger partial charge on any atom is -0.460 e. The van der Waals surface area contributed by atoms with Crippen molar-refractivity contribution < 1.29 is 26.9 Å². The first-order valence-electron chi connectivity index (χ1n) is 7.06. The van der Waals surface area contributed by atoms with Gasteiger partial charge < -0.3 is 9.47 Å². The Morgan fingerprint density at radius 3 is 2.71 bits per heavy atom. The summed E-state index contributed by atoms with van der Waals surface area (Å²) < 4.78 is 38.8. The molecule has 0 aromatic carbocycles. The third-order valence-corrected chi connectivity index (χ3v) is 3.96. The van der Waals surface area contributed by atoms with Crippen molar-refractivity contribution in [3.8, 4) is 0 Å². The highest BCUT2D eigenvalue weighted by Crippen LogP contribution is 2.30. The maximum absolute atomic E-state index is 11.9. The Bertz CT molecular complexity index is 840. The van der Waals surface area contributed by atoms with Gasteiger partial charge >= 0.3 is 11.7 Å². The number of aromatic amines is 1. The summed E-state index contributed by atoms with van der Waals surface area (Å²) in [7, 11) is -3.70. The molecule has 2 heterocycles. The first-order chi connectivity index (χ1) is 11.1. The lowest BCUT2D eigenvalue weighted by molar-refractivity contribution is -0.150. The molecule has 1 N–H and O–H groups in total. The SMILES string of the molecule is CC(=O)O[C@@H]1C[C@H](n2cc(C)c(=O)[nH]c2=O)O[C@@H]1COS(C)(=O)=O. The van der Waals surface area contributed by atoms with Crippen LogP contribution in [-0.2, 0) is 28.6 Å². The van der Waals surface area contributed by atoms with Gasteiger partial charge in [0, 0.05) is 25.1 Å². The topological polar surface area (TPSA) is 134 Å². The zero-order valence-corrected chi connectivity index (χ0v) is 14.2. The van der Waals surface area contributed by atoms with Crippen LogP contribution in [0.4, 0.5) is 0 Å². The summed E-state index contributed by atoms with van der Waals surface area (Å²) in [5.74, 6) is -0.571. The highest BCUT2D eigenvalue weighted by Gasteiger charge is 2.39. The molecule has 10 nitrogen and oxygen atoms in total. The molecule has 1 aromatic heterocycles. The number of hydrogen-bond acceptors (Lipinski definition) is 8. The van der Waals surface area contributed by atoms with Crippen LogP contribution in [-0.4, -0.2) is 49.0 Å². The van der Waals surface area contributed by atoms with E-state index in [1.807, 2.05) is 0 Å². The van der Waals surface area contributed by atoms with Gasteiger partial charge in [0.2, 0.25) is 0 Å². The van der Waals surface area contributed by atoms with Gasteiger partial charge in [-0.2, -0.15) is 8.42 Å². The quantitative estimate of drug-likeness (QED) is 0.523. The molecule has 11 heteroatoms.